The molecule has 310 valence electrons. The molecule has 52 heavy (non-hydrogen) atoms. The van der Waals surface area contributed by atoms with E-state index >= 15 is 0 Å². The van der Waals surface area contributed by atoms with Crippen molar-refractivity contribution in [3.8, 4) is 0 Å². The summed E-state index contributed by atoms with van der Waals surface area (Å²) in [5, 5.41) is 0. The third-order valence-corrected chi connectivity index (χ3v) is 10.4. The van der Waals surface area contributed by atoms with Crippen LogP contribution >= 0.6 is 11.8 Å². The van der Waals surface area contributed by atoms with E-state index in [1.165, 1.54) is 0 Å². The molecular formula is C41H80O10S. The highest BCUT2D eigenvalue weighted by Crippen LogP contribution is 2.37. The van der Waals surface area contributed by atoms with Gasteiger partial charge in [0.2, 0.25) is 0 Å². The molecule has 0 aliphatic carbocycles. The number of rotatable bonds is 33. The zero-order valence-electron chi connectivity index (χ0n) is 34.5. The lowest BCUT2D eigenvalue weighted by Crippen LogP contribution is -2.66. The predicted molar refractivity (Wildman–Crippen MR) is 210 cm³/mol. The molecule has 0 amide bonds. The summed E-state index contributed by atoms with van der Waals surface area (Å²) in [5.74, 6) is 0. The van der Waals surface area contributed by atoms with Crippen molar-refractivity contribution in [3.05, 3.63) is 0 Å². The first-order valence-corrected chi connectivity index (χ1v) is 22.6. The molecule has 0 aromatic carbocycles. The van der Waals surface area contributed by atoms with Crippen LogP contribution in [0.15, 0.2) is 0 Å². The van der Waals surface area contributed by atoms with Gasteiger partial charge in [-0.15, -0.1) is 11.8 Å². The van der Waals surface area contributed by atoms with Gasteiger partial charge in [0.25, 0.3) is 0 Å². The molecule has 2 rings (SSSR count). The summed E-state index contributed by atoms with van der Waals surface area (Å²) >= 11 is 1.65. The molecule has 0 spiro atoms. The Bertz CT molecular complexity index is 812. The van der Waals surface area contributed by atoms with Gasteiger partial charge in [-0.25, -0.2) is 0 Å². The van der Waals surface area contributed by atoms with Gasteiger partial charge in [-0.1, -0.05) is 93.4 Å². The van der Waals surface area contributed by atoms with Gasteiger partial charge < -0.3 is 47.4 Å². The quantitative estimate of drug-likeness (QED) is 0.0601. The second kappa shape index (κ2) is 31.1. The Morgan fingerprint density at radius 3 is 1.21 bits per heavy atom. The van der Waals surface area contributed by atoms with Gasteiger partial charge in [-0.05, 0) is 51.2 Å². The normalized spacial score (nSPS) is 29.5. The van der Waals surface area contributed by atoms with E-state index in [2.05, 4.69) is 54.7 Å². The molecule has 0 radical (unpaired) electrons. The smallest absolute Gasteiger partial charge is 0.187 e. The monoisotopic (exact) mass is 765 g/mol. The van der Waals surface area contributed by atoms with Crippen molar-refractivity contribution in [3.63, 3.8) is 0 Å². The number of unbranched alkanes of at least 4 members (excludes halogenated alkanes) is 7. The van der Waals surface area contributed by atoms with Crippen LogP contribution in [0.3, 0.4) is 0 Å². The van der Waals surface area contributed by atoms with E-state index in [1.807, 2.05) is 0 Å². The van der Waals surface area contributed by atoms with Gasteiger partial charge in [0.15, 0.2) is 6.29 Å². The van der Waals surface area contributed by atoms with Crippen LogP contribution in [0.2, 0.25) is 0 Å². The summed E-state index contributed by atoms with van der Waals surface area (Å²) in [5.41, 5.74) is -0.229. The maximum absolute atomic E-state index is 7.23. The average Bonchev–Trinajstić information content (AvgIpc) is 3.15. The largest absolute Gasteiger partial charge is 0.379 e. The van der Waals surface area contributed by atoms with Crippen LogP contribution in [0, 0.1) is 0 Å². The third kappa shape index (κ3) is 17.4. The Balaban J connectivity index is 2.60. The minimum Gasteiger partial charge on any atom is -0.379 e. The van der Waals surface area contributed by atoms with Crippen LogP contribution in [0.4, 0.5) is 0 Å². The van der Waals surface area contributed by atoms with Crippen LogP contribution in [0.25, 0.3) is 0 Å². The summed E-state index contributed by atoms with van der Waals surface area (Å²) in [6.45, 7) is 20.3. The first-order chi connectivity index (χ1) is 25.5. The standard InChI is InChI=1S/C41H80O10S/c1-9-16-23-42-30-32-34(44-25-18-11-3)36(45-26-19-12-4)38(47-28-21-14-6)40(49-32)51-35-33(31-43-24-17-10-2)50-41(52-8)39(48-29-22-15-7)37(35)46-27-20-13-5/h32-41H,9-31H2,1-8H3/t32?,33?,34-,35+,36?,37?,38-,39-,40-,41-/m0/s1. The molecule has 2 heterocycles. The molecule has 0 aromatic rings. The Morgan fingerprint density at radius 2 is 0.769 bits per heavy atom. The van der Waals surface area contributed by atoms with Crippen LogP contribution in [-0.2, 0) is 47.4 Å². The summed E-state index contributed by atoms with van der Waals surface area (Å²) in [4.78, 5) is 0. The second-order valence-electron chi connectivity index (χ2n) is 14.2. The lowest BCUT2D eigenvalue weighted by Gasteiger charge is -2.50. The van der Waals surface area contributed by atoms with Gasteiger partial charge in [0.05, 0.1) is 13.2 Å². The highest BCUT2D eigenvalue weighted by atomic mass is 32.2. The van der Waals surface area contributed by atoms with Crippen molar-refractivity contribution in [2.24, 2.45) is 0 Å². The highest BCUT2D eigenvalue weighted by molar-refractivity contribution is 7.99. The number of ether oxygens (including phenoxy) is 10. The Hall–Kier alpha value is -0.0500. The first kappa shape index (κ1) is 48.1. The van der Waals surface area contributed by atoms with Crippen LogP contribution in [0.1, 0.15) is 138 Å². The van der Waals surface area contributed by atoms with Gasteiger partial charge in [0, 0.05) is 46.2 Å². The maximum atomic E-state index is 7.23. The van der Waals surface area contributed by atoms with Gasteiger partial charge in [-0.2, -0.15) is 0 Å². The average molecular weight is 765 g/mol. The summed E-state index contributed by atoms with van der Waals surface area (Å²) < 4.78 is 67.0. The van der Waals surface area contributed by atoms with E-state index in [0.29, 0.717) is 59.5 Å². The van der Waals surface area contributed by atoms with E-state index in [-0.39, 0.29) is 17.6 Å². The first-order valence-electron chi connectivity index (χ1n) is 21.3. The van der Waals surface area contributed by atoms with E-state index in [0.717, 1.165) is 89.9 Å². The molecule has 10 atom stereocenters. The van der Waals surface area contributed by atoms with Crippen molar-refractivity contribution in [2.45, 2.75) is 199 Å². The highest BCUT2D eigenvalue weighted by Gasteiger charge is 2.54. The van der Waals surface area contributed by atoms with Crippen molar-refractivity contribution >= 4 is 11.8 Å². The van der Waals surface area contributed by atoms with Crippen molar-refractivity contribution in [2.75, 3.05) is 65.7 Å². The van der Waals surface area contributed by atoms with Crippen LogP contribution in [-0.4, -0.2) is 126 Å². The molecule has 11 heteroatoms. The topological polar surface area (TPSA) is 92.3 Å². The van der Waals surface area contributed by atoms with Gasteiger partial charge in [-0.3, -0.25) is 0 Å². The second-order valence-corrected chi connectivity index (χ2v) is 15.2. The summed E-state index contributed by atoms with van der Waals surface area (Å²) in [6, 6.07) is 0. The summed E-state index contributed by atoms with van der Waals surface area (Å²) in [7, 11) is 0. The SMILES string of the molecule is CCCCOCC1O[C@@H](SC)[C@@H](OCCCC)C(OCCCC)[C@@H]1O[C@@H]1OC(COCCCC)[C@H](OCCCC)C(OCCCC)[C@@H]1OCCCC. The fourth-order valence-corrected chi connectivity index (χ4v) is 7.04. The molecule has 0 saturated carbocycles. The minimum absolute atomic E-state index is 0.229. The zero-order chi connectivity index (χ0) is 37.8. The molecule has 2 fully saturated rings. The zero-order valence-corrected chi connectivity index (χ0v) is 35.3. The van der Waals surface area contributed by atoms with Gasteiger partial charge >= 0.3 is 0 Å². The van der Waals surface area contributed by atoms with Crippen molar-refractivity contribution < 1.29 is 47.4 Å². The lowest BCUT2D eigenvalue weighted by atomic mass is 9.96. The molecule has 0 bridgehead atoms. The van der Waals surface area contributed by atoms with Gasteiger partial charge in [0.1, 0.15) is 54.3 Å². The Labute approximate surface area is 323 Å². The number of hydrogen-bond donors (Lipinski definition) is 0. The van der Waals surface area contributed by atoms with E-state index in [1.54, 1.807) is 11.8 Å². The fourth-order valence-electron chi connectivity index (χ4n) is 6.29. The molecule has 4 unspecified atom stereocenters. The minimum atomic E-state index is -0.777. The summed E-state index contributed by atoms with van der Waals surface area (Å²) in [6.07, 6.45) is 11.9. The third-order valence-electron chi connectivity index (χ3n) is 9.60. The molecule has 0 aromatic heterocycles. The van der Waals surface area contributed by atoms with E-state index < -0.39 is 42.9 Å². The van der Waals surface area contributed by atoms with Crippen molar-refractivity contribution in [1.29, 1.82) is 0 Å². The van der Waals surface area contributed by atoms with E-state index in [9.17, 15) is 0 Å². The molecule has 0 N–H and O–H groups in total. The van der Waals surface area contributed by atoms with Crippen LogP contribution in [0.5, 0.6) is 0 Å². The molecule has 2 saturated heterocycles. The molecule has 2 aliphatic heterocycles. The Kier molecular flexibility index (Phi) is 28.8. The molecular weight excluding hydrogens is 685 g/mol. The fraction of sp³-hybridized carbons (Fsp3) is 1.00. The van der Waals surface area contributed by atoms with Crippen molar-refractivity contribution in [1.82, 2.24) is 0 Å². The predicted octanol–water partition coefficient (Wildman–Crippen LogP) is 8.74. The molecule has 10 nitrogen and oxygen atoms in total. The number of thioether (sulfide) groups is 1. The number of hydrogen-bond acceptors (Lipinski definition) is 11. The van der Waals surface area contributed by atoms with Crippen LogP contribution < -0.4 is 0 Å². The lowest BCUT2D eigenvalue weighted by molar-refractivity contribution is -0.356. The molecule has 2 aliphatic rings. The maximum Gasteiger partial charge on any atom is 0.187 e. The van der Waals surface area contributed by atoms with E-state index in [4.69, 9.17) is 47.4 Å². The Morgan fingerprint density at radius 1 is 0.404 bits per heavy atom.